The minimum Gasteiger partial charge on any atom is -0.508 e. The van der Waals surface area contributed by atoms with Crippen molar-refractivity contribution in [2.45, 2.75) is 51.7 Å². The molecule has 5 rings (SSSR count). The number of phenols is 1. The lowest BCUT2D eigenvalue weighted by Crippen LogP contribution is -2.47. The number of ether oxygens (including phenoxy) is 1. The second-order valence-corrected chi connectivity index (χ2v) is 9.17. The number of aromatic hydroxyl groups is 1. The molecule has 1 aliphatic carbocycles. The molecular weight excluding hydrogens is 464 g/mol. The maximum atomic E-state index is 12.9. The lowest BCUT2D eigenvalue weighted by molar-refractivity contribution is -0.142. The van der Waals surface area contributed by atoms with Gasteiger partial charge in [0.15, 0.2) is 6.10 Å². The highest BCUT2D eigenvalue weighted by molar-refractivity contribution is 5.89. The van der Waals surface area contributed by atoms with Crippen molar-refractivity contribution in [3.05, 3.63) is 69.2 Å². The van der Waals surface area contributed by atoms with Crippen LogP contribution in [0.25, 0.3) is 21.9 Å². The van der Waals surface area contributed by atoms with Gasteiger partial charge in [-0.15, -0.1) is 0 Å². The van der Waals surface area contributed by atoms with Crippen molar-refractivity contribution < 1.29 is 29.0 Å². The van der Waals surface area contributed by atoms with Crippen LogP contribution in [0.1, 0.15) is 35.6 Å². The van der Waals surface area contributed by atoms with Crippen LogP contribution in [0, 0.1) is 6.92 Å². The van der Waals surface area contributed by atoms with Crippen molar-refractivity contribution in [1.29, 1.82) is 0 Å². The van der Waals surface area contributed by atoms with Crippen LogP contribution in [0.5, 0.6) is 11.5 Å². The zero-order valence-electron chi connectivity index (χ0n) is 19.9. The van der Waals surface area contributed by atoms with Gasteiger partial charge in [-0.25, -0.2) is 9.59 Å². The molecule has 0 saturated heterocycles. The fraction of sp³-hybridized carbons (Fsp3) is 0.296. The number of phenolic OH excluding ortho intramolecular Hbond substituents is 1. The molecule has 4 N–H and O–H groups in total. The smallest absolute Gasteiger partial charge is 0.339 e. The molecule has 9 nitrogen and oxygen atoms in total. The Hall–Kier alpha value is -4.27. The molecule has 2 aromatic carbocycles. The Bertz CT molecular complexity index is 1570. The Morgan fingerprint density at radius 3 is 2.72 bits per heavy atom. The van der Waals surface area contributed by atoms with Gasteiger partial charge in [0.1, 0.15) is 23.1 Å². The van der Waals surface area contributed by atoms with Gasteiger partial charge in [0.25, 0.3) is 5.91 Å². The van der Waals surface area contributed by atoms with Gasteiger partial charge in [-0.1, -0.05) is 0 Å². The van der Waals surface area contributed by atoms with Crippen molar-refractivity contribution in [3.63, 3.8) is 0 Å². The first kappa shape index (κ1) is 23.5. The molecule has 0 bridgehead atoms. The zero-order valence-corrected chi connectivity index (χ0v) is 19.9. The van der Waals surface area contributed by atoms with Crippen LogP contribution in [0.4, 0.5) is 0 Å². The Morgan fingerprint density at radius 1 is 1.17 bits per heavy atom. The third-order valence-corrected chi connectivity index (χ3v) is 6.80. The quantitative estimate of drug-likeness (QED) is 0.291. The van der Waals surface area contributed by atoms with E-state index >= 15 is 0 Å². The van der Waals surface area contributed by atoms with E-state index in [-0.39, 0.29) is 17.8 Å². The van der Waals surface area contributed by atoms with Crippen molar-refractivity contribution in [2.75, 3.05) is 0 Å². The highest BCUT2D eigenvalue weighted by Gasteiger charge is 2.27. The number of aromatic amines is 1. The third-order valence-electron chi connectivity index (χ3n) is 6.80. The fourth-order valence-corrected chi connectivity index (χ4v) is 4.88. The molecule has 4 aromatic rings. The molecule has 0 aliphatic heterocycles. The topological polar surface area (TPSA) is 142 Å². The summed E-state index contributed by atoms with van der Waals surface area (Å²) >= 11 is 0. The van der Waals surface area contributed by atoms with E-state index in [1.807, 2.05) is 6.07 Å². The molecule has 2 heterocycles. The fourth-order valence-electron chi connectivity index (χ4n) is 4.88. The lowest BCUT2D eigenvalue weighted by Gasteiger charge is -2.20. The number of carboxylic acid groups (broad SMARTS) is 1. The SMILES string of the molecule is Cc1c(O[C@@H](C)C(=O)N[C@H](Cc2c[nH]c3ccc(O)cc23)C(=O)O)ccc2c3c(c(=O)oc12)CCC3. The lowest BCUT2D eigenvalue weighted by atomic mass is 10.0. The number of rotatable bonds is 7. The van der Waals surface area contributed by atoms with Gasteiger partial charge in [-0.3, -0.25) is 4.79 Å². The molecule has 1 aliphatic rings. The molecule has 0 unspecified atom stereocenters. The summed E-state index contributed by atoms with van der Waals surface area (Å²) in [6.07, 6.45) is 3.13. The molecule has 1 amide bonds. The summed E-state index contributed by atoms with van der Waals surface area (Å²) in [5, 5.41) is 23.6. The first-order valence-electron chi connectivity index (χ1n) is 11.8. The van der Waals surface area contributed by atoms with Crippen molar-refractivity contribution in [1.82, 2.24) is 10.3 Å². The molecule has 2 atom stereocenters. The van der Waals surface area contributed by atoms with Gasteiger partial charge in [0, 0.05) is 40.0 Å². The number of benzene rings is 2. The van der Waals surface area contributed by atoms with Gasteiger partial charge in [-0.05, 0) is 74.6 Å². The van der Waals surface area contributed by atoms with E-state index in [1.54, 1.807) is 31.3 Å². The summed E-state index contributed by atoms with van der Waals surface area (Å²) in [5.41, 5.74) is 3.85. The number of fused-ring (bicyclic) bond motifs is 4. The van der Waals surface area contributed by atoms with Gasteiger partial charge < -0.3 is 29.7 Å². The Kier molecular flexibility index (Phi) is 5.91. The number of carboxylic acids is 1. The molecule has 0 saturated carbocycles. The summed E-state index contributed by atoms with van der Waals surface area (Å²) in [5.74, 6) is -1.35. The molecule has 36 heavy (non-hydrogen) atoms. The van der Waals surface area contributed by atoms with E-state index in [2.05, 4.69) is 10.3 Å². The molecule has 0 fully saturated rings. The van der Waals surface area contributed by atoms with Crippen LogP contribution in [0.3, 0.4) is 0 Å². The highest BCUT2D eigenvalue weighted by atomic mass is 16.5. The Balaban J connectivity index is 1.33. The number of carbonyl (C=O) groups excluding carboxylic acids is 1. The predicted molar refractivity (Wildman–Crippen MR) is 133 cm³/mol. The van der Waals surface area contributed by atoms with Crippen LogP contribution < -0.4 is 15.7 Å². The maximum absolute atomic E-state index is 12.9. The summed E-state index contributed by atoms with van der Waals surface area (Å²) in [7, 11) is 0. The number of hydrogen-bond acceptors (Lipinski definition) is 6. The molecule has 2 aromatic heterocycles. The molecule has 0 spiro atoms. The van der Waals surface area contributed by atoms with E-state index in [9.17, 15) is 24.6 Å². The molecular formula is C27H26N2O7. The monoisotopic (exact) mass is 490 g/mol. The summed E-state index contributed by atoms with van der Waals surface area (Å²) in [6, 6.07) is 7.15. The van der Waals surface area contributed by atoms with Crippen LogP contribution in [0.2, 0.25) is 0 Å². The van der Waals surface area contributed by atoms with E-state index in [1.165, 1.54) is 13.0 Å². The zero-order chi connectivity index (χ0) is 25.6. The van der Waals surface area contributed by atoms with Crippen LogP contribution in [-0.2, 0) is 28.9 Å². The average molecular weight is 491 g/mol. The highest BCUT2D eigenvalue weighted by Crippen LogP contribution is 2.33. The Morgan fingerprint density at radius 2 is 1.94 bits per heavy atom. The normalized spacial score (nSPS) is 14.5. The summed E-state index contributed by atoms with van der Waals surface area (Å²) in [6.45, 7) is 3.29. The number of aliphatic carboxylic acids is 1. The predicted octanol–water partition coefficient (Wildman–Crippen LogP) is 3.36. The number of H-pyrrole nitrogens is 1. The standard InChI is InChI=1S/C27H26N2O7/c1-13-23(9-7-18-17-4-3-5-19(17)27(34)36-24(13)18)35-14(2)25(31)29-22(26(32)33)10-15-12-28-21-8-6-16(30)11-20(15)21/h6-9,11-12,14,22,28,30H,3-5,10H2,1-2H3,(H,29,31)(H,32,33)/t14-,22+/m0/s1. The average Bonchev–Trinajstić information content (AvgIpc) is 3.49. The van der Waals surface area contributed by atoms with E-state index in [4.69, 9.17) is 9.15 Å². The molecule has 186 valence electrons. The second kappa shape index (κ2) is 9.07. The summed E-state index contributed by atoms with van der Waals surface area (Å²) < 4.78 is 11.5. The number of carbonyl (C=O) groups is 2. The number of amides is 1. The maximum Gasteiger partial charge on any atom is 0.339 e. The van der Waals surface area contributed by atoms with E-state index < -0.39 is 24.0 Å². The van der Waals surface area contributed by atoms with Crippen LogP contribution in [0.15, 0.2) is 45.7 Å². The Labute approximate surface area is 205 Å². The van der Waals surface area contributed by atoms with Crippen molar-refractivity contribution in [2.24, 2.45) is 0 Å². The first-order chi connectivity index (χ1) is 17.2. The van der Waals surface area contributed by atoms with Crippen LogP contribution in [-0.4, -0.2) is 39.2 Å². The van der Waals surface area contributed by atoms with Crippen molar-refractivity contribution in [3.8, 4) is 11.5 Å². The second-order valence-electron chi connectivity index (χ2n) is 9.17. The number of nitrogens with one attached hydrogen (secondary N) is 2. The van der Waals surface area contributed by atoms with Crippen LogP contribution >= 0.6 is 0 Å². The van der Waals surface area contributed by atoms with E-state index in [0.29, 0.717) is 34.3 Å². The van der Waals surface area contributed by atoms with Gasteiger partial charge in [-0.2, -0.15) is 0 Å². The molecule has 0 radical (unpaired) electrons. The largest absolute Gasteiger partial charge is 0.508 e. The van der Waals surface area contributed by atoms with E-state index in [0.717, 1.165) is 34.9 Å². The number of hydrogen-bond donors (Lipinski definition) is 4. The molecule has 9 heteroatoms. The van der Waals surface area contributed by atoms with Gasteiger partial charge >= 0.3 is 11.6 Å². The number of aryl methyl sites for hydroxylation is 2. The first-order valence-corrected chi connectivity index (χ1v) is 11.8. The summed E-state index contributed by atoms with van der Waals surface area (Å²) in [4.78, 5) is 40.2. The number of aromatic nitrogens is 1. The minimum absolute atomic E-state index is 0.0164. The van der Waals surface area contributed by atoms with Crippen molar-refractivity contribution >= 4 is 33.7 Å². The van der Waals surface area contributed by atoms with Gasteiger partial charge in [0.2, 0.25) is 0 Å². The minimum atomic E-state index is -1.21. The van der Waals surface area contributed by atoms with Gasteiger partial charge in [0.05, 0.1) is 0 Å². The third kappa shape index (κ3) is 4.17.